The number of aryl methyl sites for hydroxylation is 1. The van der Waals surface area contributed by atoms with Crippen LogP contribution in [0.5, 0.6) is 0 Å². The Labute approximate surface area is 87.7 Å². The van der Waals surface area contributed by atoms with Crippen LogP contribution >= 0.6 is 0 Å². The predicted octanol–water partition coefficient (Wildman–Crippen LogP) is 1.34. The average molecular weight is 201 g/mol. The van der Waals surface area contributed by atoms with Gasteiger partial charge in [-0.25, -0.2) is 9.97 Å². The van der Waals surface area contributed by atoms with Crippen LogP contribution in [0.1, 0.15) is 11.4 Å². The molecule has 0 spiro atoms. The molecular formula is C11H11N3O. The fourth-order valence-corrected chi connectivity index (χ4v) is 1.43. The molecule has 0 aromatic carbocycles. The third-order valence-corrected chi connectivity index (χ3v) is 2.13. The van der Waals surface area contributed by atoms with Crippen LogP contribution in [0.2, 0.25) is 0 Å². The van der Waals surface area contributed by atoms with Crippen molar-refractivity contribution in [2.24, 2.45) is 0 Å². The molecule has 0 amide bonds. The summed E-state index contributed by atoms with van der Waals surface area (Å²) in [5.41, 5.74) is 3.29. The second-order valence-corrected chi connectivity index (χ2v) is 3.23. The highest BCUT2D eigenvalue weighted by atomic mass is 16.3. The lowest BCUT2D eigenvalue weighted by Gasteiger charge is -2.06. The fraction of sp³-hybridized carbons (Fsp3) is 0.182. The number of aromatic nitrogens is 3. The van der Waals surface area contributed by atoms with Crippen molar-refractivity contribution < 1.29 is 5.11 Å². The molecule has 0 aliphatic rings. The molecule has 76 valence electrons. The largest absolute Gasteiger partial charge is 0.390 e. The summed E-state index contributed by atoms with van der Waals surface area (Å²) in [6, 6.07) is 3.83. The maximum atomic E-state index is 9.20. The topological polar surface area (TPSA) is 58.9 Å². The highest BCUT2D eigenvalue weighted by Gasteiger charge is 2.06. The molecule has 1 N–H and O–H groups in total. The zero-order valence-corrected chi connectivity index (χ0v) is 8.38. The van der Waals surface area contributed by atoms with Gasteiger partial charge in [0, 0.05) is 29.2 Å². The predicted molar refractivity (Wildman–Crippen MR) is 55.9 cm³/mol. The summed E-state index contributed by atoms with van der Waals surface area (Å²) in [4.78, 5) is 12.1. The summed E-state index contributed by atoms with van der Waals surface area (Å²) >= 11 is 0. The molecule has 2 rings (SSSR count). The number of hydrogen-bond acceptors (Lipinski definition) is 4. The Hall–Kier alpha value is -1.81. The molecule has 15 heavy (non-hydrogen) atoms. The van der Waals surface area contributed by atoms with E-state index in [2.05, 4.69) is 15.0 Å². The summed E-state index contributed by atoms with van der Waals surface area (Å²) in [5.74, 6) is 0. The SMILES string of the molecule is Cc1ccc(-c2cncnc2)c(CO)n1. The fourth-order valence-electron chi connectivity index (χ4n) is 1.43. The van der Waals surface area contributed by atoms with Crippen molar-refractivity contribution >= 4 is 0 Å². The number of aliphatic hydroxyl groups excluding tert-OH is 1. The normalized spacial score (nSPS) is 10.3. The van der Waals surface area contributed by atoms with Crippen molar-refractivity contribution in [2.45, 2.75) is 13.5 Å². The van der Waals surface area contributed by atoms with Gasteiger partial charge in [-0.3, -0.25) is 4.98 Å². The average Bonchev–Trinajstić information content (AvgIpc) is 2.30. The molecule has 4 nitrogen and oxygen atoms in total. The first-order valence-electron chi connectivity index (χ1n) is 4.64. The van der Waals surface area contributed by atoms with Gasteiger partial charge in [0.25, 0.3) is 0 Å². The molecule has 2 aromatic heterocycles. The van der Waals surface area contributed by atoms with Crippen molar-refractivity contribution in [3.8, 4) is 11.1 Å². The zero-order valence-electron chi connectivity index (χ0n) is 8.38. The summed E-state index contributed by atoms with van der Waals surface area (Å²) in [6.07, 6.45) is 4.89. The highest BCUT2D eigenvalue weighted by Crippen LogP contribution is 2.20. The number of rotatable bonds is 2. The number of aliphatic hydroxyl groups is 1. The van der Waals surface area contributed by atoms with E-state index in [1.165, 1.54) is 6.33 Å². The zero-order chi connectivity index (χ0) is 10.7. The van der Waals surface area contributed by atoms with Crippen molar-refractivity contribution in [1.82, 2.24) is 15.0 Å². The van der Waals surface area contributed by atoms with Gasteiger partial charge in [0.05, 0.1) is 12.3 Å². The summed E-state index contributed by atoms with van der Waals surface area (Å²) in [7, 11) is 0. The van der Waals surface area contributed by atoms with Crippen LogP contribution in [0.25, 0.3) is 11.1 Å². The monoisotopic (exact) mass is 201 g/mol. The maximum absolute atomic E-state index is 9.20. The molecule has 0 radical (unpaired) electrons. The molecule has 2 heterocycles. The second-order valence-electron chi connectivity index (χ2n) is 3.23. The Morgan fingerprint density at radius 2 is 1.93 bits per heavy atom. The molecular weight excluding hydrogens is 190 g/mol. The van der Waals surface area contributed by atoms with E-state index in [1.54, 1.807) is 12.4 Å². The van der Waals surface area contributed by atoms with Gasteiger partial charge >= 0.3 is 0 Å². The molecule has 2 aromatic rings. The molecule has 0 aliphatic carbocycles. The smallest absolute Gasteiger partial charge is 0.115 e. The maximum Gasteiger partial charge on any atom is 0.115 e. The highest BCUT2D eigenvalue weighted by molar-refractivity contribution is 5.63. The van der Waals surface area contributed by atoms with Crippen molar-refractivity contribution in [1.29, 1.82) is 0 Å². The van der Waals surface area contributed by atoms with Gasteiger partial charge < -0.3 is 5.11 Å². The standard InChI is InChI=1S/C11H11N3O/c1-8-2-3-10(11(6-15)14-8)9-4-12-7-13-5-9/h2-5,7,15H,6H2,1H3. The summed E-state index contributed by atoms with van der Waals surface area (Å²) in [5, 5.41) is 9.20. The van der Waals surface area contributed by atoms with E-state index in [9.17, 15) is 5.11 Å². The lowest BCUT2D eigenvalue weighted by atomic mass is 10.1. The van der Waals surface area contributed by atoms with Crippen LogP contribution in [0.3, 0.4) is 0 Å². The summed E-state index contributed by atoms with van der Waals surface area (Å²) in [6.45, 7) is 1.82. The molecule has 0 fully saturated rings. The Kier molecular flexibility index (Phi) is 2.69. The lowest BCUT2D eigenvalue weighted by Crippen LogP contribution is -1.96. The van der Waals surface area contributed by atoms with Crippen molar-refractivity contribution in [2.75, 3.05) is 0 Å². The van der Waals surface area contributed by atoms with Gasteiger partial charge in [-0.15, -0.1) is 0 Å². The van der Waals surface area contributed by atoms with E-state index in [-0.39, 0.29) is 6.61 Å². The first-order valence-corrected chi connectivity index (χ1v) is 4.64. The van der Waals surface area contributed by atoms with E-state index < -0.39 is 0 Å². The van der Waals surface area contributed by atoms with Gasteiger partial charge in [0.1, 0.15) is 6.33 Å². The summed E-state index contributed by atoms with van der Waals surface area (Å²) < 4.78 is 0. The van der Waals surface area contributed by atoms with Crippen molar-refractivity contribution in [3.63, 3.8) is 0 Å². The van der Waals surface area contributed by atoms with E-state index in [4.69, 9.17) is 0 Å². The molecule has 0 aliphatic heterocycles. The lowest BCUT2D eigenvalue weighted by molar-refractivity contribution is 0.277. The second kappa shape index (κ2) is 4.14. The van der Waals surface area contributed by atoms with E-state index in [0.717, 1.165) is 16.8 Å². The van der Waals surface area contributed by atoms with E-state index in [1.807, 2.05) is 19.1 Å². The molecule has 0 saturated carbocycles. The van der Waals surface area contributed by atoms with Crippen LogP contribution in [0, 0.1) is 6.92 Å². The minimum absolute atomic E-state index is 0.0775. The molecule has 0 bridgehead atoms. The molecule has 0 saturated heterocycles. The molecule has 4 heteroatoms. The van der Waals surface area contributed by atoms with Crippen LogP contribution < -0.4 is 0 Å². The first-order chi connectivity index (χ1) is 7.31. The van der Waals surface area contributed by atoms with Gasteiger partial charge in [-0.2, -0.15) is 0 Å². The Bertz CT molecular complexity index is 457. The van der Waals surface area contributed by atoms with Gasteiger partial charge in [-0.05, 0) is 13.0 Å². The molecule has 0 unspecified atom stereocenters. The van der Waals surface area contributed by atoms with Crippen LogP contribution in [-0.4, -0.2) is 20.1 Å². The van der Waals surface area contributed by atoms with Crippen LogP contribution in [-0.2, 0) is 6.61 Å². The van der Waals surface area contributed by atoms with Crippen LogP contribution in [0.4, 0.5) is 0 Å². The quantitative estimate of drug-likeness (QED) is 0.796. The third-order valence-electron chi connectivity index (χ3n) is 2.13. The van der Waals surface area contributed by atoms with Gasteiger partial charge in [0.2, 0.25) is 0 Å². The number of nitrogens with zero attached hydrogens (tertiary/aromatic N) is 3. The Balaban J connectivity index is 2.53. The van der Waals surface area contributed by atoms with Crippen molar-refractivity contribution in [3.05, 3.63) is 42.2 Å². The number of pyridine rings is 1. The number of hydrogen-bond donors (Lipinski definition) is 1. The Morgan fingerprint density at radius 3 is 2.60 bits per heavy atom. The van der Waals surface area contributed by atoms with E-state index >= 15 is 0 Å². The third kappa shape index (κ3) is 1.99. The van der Waals surface area contributed by atoms with Crippen LogP contribution in [0.15, 0.2) is 30.9 Å². The van der Waals surface area contributed by atoms with Gasteiger partial charge in [0.15, 0.2) is 0 Å². The minimum Gasteiger partial charge on any atom is -0.390 e. The Morgan fingerprint density at radius 1 is 1.20 bits per heavy atom. The first kappa shape index (κ1) is 9.73. The minimum atomic E-state index is -0.0775. The van der Waals surface area contributed by atoms with E-state index in [0.29, 0.717) is 5.69 Å². The van der Waals surface area contributed by atoms with Gasteiger partial charge in [-0.1, -0.05) is 6.07 Å². The molecule has 0 atom stereocenters.